The van der Waals surface area contributed by atoms with Crippen molar-refractivity contribution in [1.29, 1.82) is 0 Å². The molecule has 1 N–H and O–H groups in total. The number of hydrogen-bond acceptors (Lipinski definition) is 3. The van der Waals surface area contributed by atoms with Gasteiger partial charge in [-0.15, -0.1) is 0 Å². The summed E-state index contributed by atoms with van der Waals surface area (Å²) in [7, 11) is 0. The zero-order valence-electron chi connectivity index (χ0n) is 10.2. The van der Waals surface area contributed by atoms with Crippen molar-refractivity contribution in [3.8, 4) is 0 Å². The number of hydrogen-bond donors (Lipinski definition) is 1. The maximum Gasteiger partial charge on any atom is 0.433 e. The third-order valence-corrected chi connectivity index (χ3v) is 3.42. The number of β-amino-alcohol motifs (C(OH)–C–C–N with tert-alkyl or cyclic N) is 1. The lowest BCUT2D eigenvalue weighted by Gasteiger charge is -2.21. The van der Waals surface area contributed by atoms with Crippen LogP contribution in [-0.4, -0.2) is 28.8 Å². The molecule has 0 bridgehead atoms. The predicted molar refractivity (Wildman–Crippen MR) is 61.2 cm³/mol. The number of rotatable bonds is 1. The Balaban J connectivity index is 2.26. The number of anilines is 1. The van der Waals surface area contributed by atoms with Gasteiger partial charge in [-0.25, -0.2) is 4.98 Å². The van der Waals surface area contributed by atoms with Crippen LogP contribution in [0, 0.1) is 5.92 Å². The van der Waals surface area contributed by atoms with E-state index < -0.39 is 17.5 Å². The summed E-state index contributed by atoms with van der Waals surface area (Å²) in [5.41, 5.74) is -1.80. The SMILES string of the molecule is C[C@H]1CN(c2cccc(C(F)(F)F)n2)C[C@@]1(C)O. The number of aliphatic hydroxyl groups is 1. The standard InChI is InChI=1S/C12H15F3N2O/c1-8-6-17(7-11(8,2)18)10-5-3-4-9(16-10)12(13,14)15/h3-5,8,18H,6-7H2,1-2H3/t8-,11+/m0/s1. The van der Waals surface area contributed by atoms with Gasteiger partial charge >= 0.3 is 6.18 Å². The molecule has 1 aliphatic heterocycles. The molecule has 6 heteroatoms. The smallest absolute Gasteiger partial charge is 0.388 e. The number of aromatic nitrogens is 1. The molecule has 18 heavy (non-hydrogen) atoms. The summed E-state index contributed by atoms with van der Waals surface area (Å²) >= 11 is 0. The van der Waals surface area contributed by atoms with Crippen LogP contribution in [0.2, 0.25) is 0 Å². The van der Waals surface area contributed by atoms with E-state index in [1.165, 1.54) is 12.1 Å². The quantitative estimate of drug-likeness (QED) is 0.841. The van der Waals surface area contributed by atoms with Crippen molar-refractivity contribution in [2.75, 3.05) is 18.0 Å². The van der Waals surface area contributed by atoms with Gasteiger partial charge in [0.15, 0.2) is 0 Å². The van der Waals surface area contributed by atoms with E-state index in [0.717, 1.165) is 6.07 Å². The molecule has 2 heterocycles. The molecule has 0 amide bonds. The van der Waals surface area contributed by atoms with Crippen molar-refractivity contribution in [3.63, 3.8) is 0 Å². The molecule has 0 unspecified atom stereocenters. The van der Waals surface area contributed by atoms with Crippen molar-refractivity contribution in [3.05, 3.63) is 23.9 Å². The Kier molecular flexibility index (Phi) is 3.01. The van der Waals surface area contributed by atoms with Crippen LogP contribution in [0.15, 0.2) is 18.2 Å². The monoisotopic (exact) mass is 260 g/mol. The van der Waals surface area contributed by atoms with Crippen LogP contribution in [0.4, 0.5) is 19.0 Å². The van der Waals surface area contributed by atoms with Crippen molar-refractivity contribution >= 4 is 5.82 Å². The van der Waals surface area contributed by atoms with Gasteiger partial charge in [0.2, 0.25) is 0 Å². The van der Waals surface area contributed by atoms with Gasteiger partial charge in [0, 0.05) is 19.0 Å². The van der Waals surface area contributed by atoms with Crippen LogP contribution in [-0.2, 0) is 6.18 Å². The van der Waals surface area contributed by atoms with Crippen molar-refractivity contribution in [2.24, 2.45) is 5.92 Å². The minimum Gasteiger partial charge on any atom is -0.388 e. The summed E-state index contributed by atoms with van der Waals surface area (Å²) < 4.78 is 37.7. The maximum atomic E-state index is 12.6. The van der Waals surface area contributed by atoms with E-state index in [9.17, 15) is 18.3 Å². The molecule has 0 saturated carbocycles. The van der Waals surface area contributed by atoms with E-state index in [1.807, 2.05) is 6.92 Å². The summed E-state index contributed by atoms with van der Waals surface area (Å²) in [6.45, 7) is 4.35. The first-order valence-corrected chi connectivity index (χ1v) is 5.72. The second kappa shape index (κ2) is 4.12. The molecule has 0 spiro atoms. The Morgan fingerprint density at radius 3 is 2.61 bits per heavy atom. The fraction of sp³-hybridized carbons (Fsp3) is 0.583. The predicted octanol–water partition coefficient (Wildman–Crippen LogP) is 2.31. The molecular weight excluding hydrogens is 245 g/mol. The highest BCUT2D eigenvalue weighted by atomic mass is 19.4. The van der Waals surface area contributed by atoms with Gasteiger partial charge in [0.25, 0.3) is 0 Å². The van der Waals surface area contributed by atoms with E-state index in [-0.39, 0.29) is 11.7 Å². The van der Waals surface area contributed by atoms with Crippen LogP contribution < -0.4 is 4.90 Å². The van der Waals surface area contributed by atoms with Gasteiger partial charge < -0.3 is 10.0 Å². The van der Waals surface area contributed by atoms with Crippen LogP contribution in [0.3, 0.4) is 0 Å². The zero-order valence-corrected chi connectivity index (χ0v) is 10.2. The van der Waals surface area contributed by atoms with Gasteiger partial charge in [-0.1, -0.05) is 13.0 Å². The molecule has 0 radical (unpaired) electrons. The molecule has 2 atom stereocenters. The summed E-state index contributed by atoms with van der Waals surface area (Å²) in [6, 6.07) is 3.81. The topological polar surface area (TPSA) is 36.4 Å². The molecule has 2 rings (SSSR count). The van der Waals surface area contributed by atoms with Crippen molar-refractivity contribution in [1.82, 2.24) is 4.98 Å². The fourth-order valence-corrected chi connectivity index (χ4v) is 2.07. The van der Waals surface area contributed by atoms with Crippen LogP contribution in [0.25, 0.3) is 0 Å². The average molecular weight is 260 g/mol. The lowest BCUT2D eigenvalue weighted by atomic mass is 9.95. The van der Waals surface area contributed by atoms with Crippen LogP contribution >= 0.6 is 0 Å². The Morgan fingerprint density at radius 2 is 2.11 bits per heavy atom. The summed E-state index contributed by atoms with van der Waals surface area (Å²) in [6.07, 6.45) is -4.44. The lowest BCUT2D eigenvalue weighted by Crippen LogP contribution is -2.33. The molecule has 0 aromatic carbocycles. The Labute approximate surface area is 103 Å². The minimum absolute atomic E-state index is 0.00570. The molecule has 3 nitrogen and oxygen atoms in total. The summed E-state index contributed by atoms with van der Waals surface area (Å²) in [5.74, 6) is 0.253. The summed E-state index contributed by atoms with van der Waals surface area (Å²) in [5, 5.41) is 10.0. The number of alkyl halides is 3. The third kappa shape index (κ3) is 2.43. The first-order chi connectivity index (χ1) is 8.20. The third-order valence-electron chi connectivity index (χ3n) is 3.42. The zero-order chi connectivity index (χ0) is 13.6. The Morgan fingerprint density at radius 1 is 1.44 bits per heavy atom. The Hall–Kier alpha value is -1.30. The minimum atomic E-state index is -4.44. The highest BCUT2D eigenvalue weighted by molar-refractivity contribution is 5.42. The second-order valence-corrected chi connectivity index (χ2v) is 5.02. The molecule has 100 valence electrons. The van der Waals surface area contributed by atoms with E-state index in [1.54, 1.807) is 11.8 Å². The molecule has 1 aliphatic rings. The van der Waals surface area contributed by atoms with Gasteiger partial charge in [0.1, 0.15) is 11.5 Å². The largest absolute Gasteiger partial charge is 0.433 e. The lowest BCUT2D eigenvalue weighted by molar-refractivity contribution is -0.141. The van der Waals surface area contributed by atoms with E-state index in [0.29, 0.717) is 13.1 Å². The normalized spacial score (nSPS) is 28.8. The van der Waals surface area contributed by atoms with E-state index in [2.05, 4.69) is 4.98 Å². The van der Waals surface area contributed by atoms with Crippen LogP contribution in [0.5, 0.6) is 0 Å². The van der Waals surface area contributed by atoms with E-state index >= 15 is 0 Å². The Bertz CT molecular complexity index is 445. The molecule has 1 aromatic rings. The first-order valence-electron chi connectivity index (χ1n) is 5.72. The molecule has 1 fully saturated rings. The molecule has 1 saturated heterocycles. The van der Waals surface area contributed by atoms with Gasteiger partial charge in [-0.3, -0.25) is 0 Å². The maximum absolute atomic E-state index is 12.6. The van der Waals surface area contributed by atoms with Crippen molar-refractivity contribution < 1.29 is 18.3 Å². The van der Waals surface area contributed by atoms with E-state index in [4.69, 9.17) is 0 Å². The van der Waals surface area contributed by atoms with Crippen molar-refractivity contribution in [2.45, 2.75) is 25.6 Å². The first kappa shape index (κ1) is 13.1. The highest BCUT2D eigenvalue weighted by Gasteiger charge is 2.40. The number of pyridine rings is 1. The number of nitrogens with zero attached hydrogens (tertiary/aromatic N) is 2. The molecule has 0 aliphatic carbocycles. The van der Waals surface area contributed by atoms with Gasteiger partial charge in [-0.05, 0) is 19.1 Å². The highest BCUT2D eigenvalue weighted by Crippen LogP contribution is 2.32. The molecule has 1 aromatic heterocycles. The van der Waals surface area contributed by atoms with Crippen LogP contribution in [0.1, 0.15) is 19.5 Å². The van der Waals surface area contributed by atoms with Gasteiger partial charge in [0.05, 0.1) is 5.60 Å². The molecular formula is C12H15F3N2O. The van der Waals surface area contributed by atoms with Gasteiger partial charge in [-0.2, -0.15) is 13.2 Å². The number of halogens is 3. The average Bonchev–Trinajstić information content (AvgIpc) is 2.53. The fourth-order valence-electron chi connectivity index (χ4n) is 2.07. The summed E-state index contributed by atoms with van der Waals surface area (Å²) in [4.78, 5) is 5.30. The second-order valence-electron chi connectivity index (χ2n) is 5.02.